The average Bonchev–Trinajstić information content (AvgIpc) is 2.60. The minimum Gasteiger partial charge on any atom is -0.459 e. The molecule has 1 saturated carbocycles. The highest BCUT2D eigenvalue weighted by atomic mass is 16.6. The van der Waals surface area contributed by atoms with Crippen LogP contribution in [0.4, 0.5) is 5.69 Å². The first-order valence-electron chi connectivity index (χ1n) is 8.19. The largest absolute Gasteiger partial charge is 0.459 e. The third kappa shape index (κ3) is 4.64. The van der Waals surface area contributed by atoms with Crippen LogP contribution in [-0.2, 0) is 16.1 Å². The number of benzene rings is 2. The van der Waals surface area contributed by atoms with Gasteiger partial charge < -0.3 is 9.47 Å². The third-order valence-corrected chi connectivity index (χ3v) is 4.25. The van der Waals surface area contributed by atoms with Crippen molar-refractivity contribution in [2.75, 3.05) is 6.61 Å². The average molecular weight is 341 g/mol. The molecule has 0 aliphatic heterocycles. The molecule has 1 aliphatic carbocycles. The lowest BCUT2D eigenvalue weighted by Crippen LogP contribution is -2.35. The molecule has 1 fully saturated rings. The van der Waals surface area contributed by atoms with Gasteiger partial charge in [0.1, 0.15) is 6.10 Å². The zero-order valence-electron chi connectivity index (χ0n) is 13.7. The van der Waals surface area contributed by atoms with Crippen molar-refractivity contribution in [3.05, 3.63) is 75.8 Å². The van der Waals surface area contributed by atoms with Gasteiger partial charge >= 0.3 is 5.97 Å². The molecule has 6 heteroatoms. The molecule has 0 bridgehead atoms. The van der Waals surface area contributed by atoms with Crippen molar-refractivity contribution in [1.29, 1.82) is 0 Å². The van der Waals surface area contributed by atoms with Crippen LogP contribution in [0, 0.1) is 16.0 Å². The third-order valence-electron chi connectivity index (χ3n) is 4.25. The normalized spacial score (nSPS) is 19.0. The number of hydrogen-bond donors (Lipinski definition) is 0. The second kappa shape index (κ2) is 7.90. The monoisotopic (exact) mass is 341 g/mol. The van der Waals surface area contributed by atoms with E-state index in [-0.39, 0.29) is 11.8 Å². The molecule has 25 heavy (non-hydrogen) atoms. The first-order chi connectivity index (χ1) is 12.1. The topological polar surface area (TPSA) is 78.7 Å². The molecule has 6 nitrogen and oxygen atoms in total. The molecule has 0 spiro atoms. The van der Waals surface area contributed by atoms with E-state index >= 15 is 0 Å². The highest BCUT2D eigenvalue weighted by Crippen LogP contribution is 2.31. The molecule has 2 aromatic carbocycles. The van der Waals surface area contributed by atoms with Crippen molar-refractivity contribution in [2.24, 2.45) is 5.92 Å². The number of carbonyl (C=O) groups is 1. The quantitative estimate of drug-likeness (QED) is 0.435. The maximum Gasteiger partial charge on any atom is 0.338 e. The lowest BCUT2D eigenvalue weighted by molar-refractivity contribution is -0.384. The van der Waals surface area contributed by atoms with Crippen LogP contribution in [0.2, 0.25) is 0 Å². The van der Waals surface area contributed by atoms with Gasteiger partial charge in [0.15, 0.2) is 0 Å². The van der Waals surface area contributed by atoms with Gasteiger partial charge in [-0.15, -0.1) is 0 Å². The van der Waals surface area contributed by atoms with Gasteiger partial charge in [-0.1, -0.05) is 30.3 Å². The molecular formula is C19H19NO5. The van der Waals surface area contributed by atoms with Gasteiger partial charge in [-0.05, 0) is 36.5 Å². The molecule has 2 aromatic rings. The molecule has 0 N–H and O–H groups in total. The van der Waals surface area contributed by atoms with Crippen LogP contribution in [0.1, 0.15) is 28.8 Å². The summed E-state index contributed by atoms with van der Waals surface area (Å²) >= 11 is 0. The fourth-order valence-corrected chi connectivity index (χ4v) is 2.76. The van der Waals surface area contributed by atoms with Crippen LogP contribution < -0.4 is 0 Å². The summed E-state index contributed by atoms with van der Waals surface area (Å²) in [4.78, 5) is 22.1. The van der Waals surface area contributed by atoms with E-state index in [1.54, 1.807) is 0 Å². The lowest BCUT2D eigenvalue weighted by atomic mass is 9.83. The maximum absolute atomic E-state index is 12.0. The minimum absolute atomic E-state index is 0.0455. The highest BCUT2D eigenvalue weighted by molar-refractivity contribution is 5.89. The summed E-state index contributed by atoms with van der Waals surface area (Å²) in [6.45, 7) is 1.24. The number of nitrogens with zero attached hydrogens (tertiary/aromatic N) is 1. The summed E-state index contributed by atoms with van der Waals surface area (Å²) in [5.41, 5.74) is 1.42. The fourth-order valence-electron chi connectivity index (χ4n) is 2.76. The summed E-state index contributed by atoms with van der Waals surface area (Å²) < 4.78 is 11.1. The Balaban J connectivity index is 1.36. The Labute approximate surface area is 145 Å². The number of esters is 1. The predicted molar refractivity (Wildman–Crippen MR) is 91.1 cm³/mol. The molecule has 0 amide bonds. The van der Waals surface area contributed by atoms with E-state index in [0.29, 0.717) is 24.7 Å². The number of carbonyl (C=O) groups excluding carboxylic acids is 1. The number of nitro benzene ring substituents is 1. The molecule has 0 atom stereocenters. The van der Waals surface area contributed by atoms with Gasteiger partial charge in [0.2, 0.25) is 0 Å². The number of rotatable bonds is 7. The van der Waals surface area contributed by atoms with E-state index in [1.807, 2.05) is 30.3 Å². The Morgan fingerprint density at radius 1 is 1.08 bits per heavy atom. The van der Waals surface area contributed by atoms with E-state index in [0.717, 1.165) is 18.4 Å². The number of hydrogen-bond acceptors (Lipinski definition) is 5. The molecule has 130 valence electrons. The smallest absolute Gasteiger partial charge is 0.338 e. The molecule has 3 rings (SSSR count). The minimum atomic E-state index is -0.499. The van der Waals surface area contributed by atoms with Gasteiger partial charge in [-0.25, -0.2) is 4.79 Å². The van der Waals surface area contributed by atoms with E-state index in [4.69, 9.17) is 9.47 Å². The molecule has 0 unspecified atom stereocenters. The second-order valence-corrected chi connectivity index (χ2v) is 6.17. The first kappa shape index (κ1) is 17.1. The second-order valence-electron chi connectivity index (χ2n) is 6.17. The van der Waals surface area contributed by atoms with Crippen LogP contribution in [0.25, 0.3) is 0 Å². The van der Waals surface area contributed by atoms with Gasteiger partial charge in [0, 0.05) is 12.1 Å². The summed E-state index contributed by atoms with van der Waals surface area (Å²) in [6.07, 6.45) is 1.47. The number of non-ortho nitro benzene ring substituents is 1. The first-order valence-corrected chi connectivity index (χ1v) is 8.19. The van der Waals surface area contributed by atoms with Crippen LogP contribution in [0.5, 0.6) is 0 Å². The van der Waals surface area contributed by atoms with Crippen molar-refractivity contribution in [3.63, 3.8) is 0 Å². The zero-order valence-corrected chi connectivity index (χ0v) is 13.7. The Morgan fingerprint density at radius 3 is 2.40 bits per heavy atom. The predicted octanol–water partition coefficient (Wildman–Crippen LogP) is 3.75. The van der Waals surface area contributed by atoms with Gasteiger partial charge in [-0.3, -0.25) is 10.1 Å². The van der Waals surface area contributed by atoms with Crippen molar-refractivity contribution >= 4 is 11.7 Å². The van der Waals surface area contributed by atoms with Gasteiger partial charge in [0.05, 0.1) is 23.7 Å². The maximum atomic E-state index is 12.0. The Bertz CT molecular complexity index is 723. The van der Waals surface area contributed by atoms with Gasteiger partial charge in [0.25, 0.3) is 5.69 Å². The summed E-state index contributed by atoms with van der Waals surface area (Å²) in [6, 6.07) is 15.4. The van der Waals surface area contributed by atoms with Gasteiger partial charge in [-0.2, -0.15) is 0 Å². The number of ether oxygens (including phenoxy) is 2. The standard InChI is InChI=1S/C19H19NO5/c21-19(16-6-8-17(9-7-16)20(22)23)25-18-10-15(11-18)13-24-12-14-4-2-1-3-5-14/h1-9,15,18H,10-13H2/t15-,18-. The number of nitro groups is 1. The van der Waals surface area contributed by atoms with Crippen molar-refractivity contribution in [2.45, 2.75) is 25.6 Å². The van der Waals surface area contributed by atoms with Crippen molar-refractivity contribution in [1.82, 2.24) is 0 Å². The molecule has 0 aromatic heterocycles. The summed E-state index contributed by atoms with van der Waals surface area (Å²) in [7, 11) is 0. The van der Waals surface area contributed by atoms with E-state index in [1.165, 1.54) is 24.3 Å². The van der Waals surface area contributed by atoms with Crippen LogP contribution in [0.15, 0.2) is 54.6 Å². The fraction of sp³-hybridized carbons (Fsp3) is 0.316. The van der Waals surface area contributed by atoms with E-state index in [9.17, 15) is 14.9 Å². The van der Waals surface area contributed by atoms with E-state index in [2.05, 4.69) is 0 Å². The van der Waals surface area contributed by atoms with Crippen molar-refractivity contribution < 1.29 is 19.2 Å². The highest BCUT2D eigenvalue weighted by Gasteiger charge is 2.32. The zero-order chi connectivity index (χ0) is 17.6. The Morgan fingerprint density at radius 2 is 1.76 bits per heavy atom. The molecule has 1 aliphatic rings. The van der Waals surface area contributed by atoms with Crippen LogP contribution in [-0.4, -0.2) is 23.6 Å². The molecule has 0 saturated heterocycles. The molecule has 0 heterocycles. The summed E-state index contributed by atoms with van der Waals surface area (Å²) in [5.74, 6) is -0.0399. The Kier molecular flexibility index (Phi) is 5.40. The lowest BCUT2D eigenvalue weighted by Gasteiger charge is -2.34. The molecular weight excluding hydrogens is 322 g/mol. The molecule has 0 radical (unpaired) electrons. The summed E-state index contributed by atoms with van der Waals surface area (Å²) in [5, 5.41) is 10.6. The SMILES string of the molecule is O=C(O[C@H]1C[C@H](COCc2ccccc2)C1)c1ccc([N+](=O)[O-])cc1. The van der Waals surface area contributed by atoms with E-state index < -0.39 is 10.9 Å². The van der Waals surface area contributed by atoms with Crippen LogP contribution in [0.3, 0.4) is 0 Å². The van der Waals surface area contributed by atoms with Crippen LogP contribution >= 0.6 is 0 Å². The van der Waals surface area contributed by atoms with Crippen molar-refractivity contribution in [3.8, 4) is 0 Å². The Hall–Kier alpha value is -2.73.